The molecule has 1 heteroatoms. The minimum absolute atomic E-state index is 0.174. The third kappa shape index (κ3) is 3.73. The van der Waals surface area contributed by atoms with Gasteiger partial charge in [-0.05, 0) is 49.1 Å². The van der Waals surface area contributed by atoms with Gasteiger partial charge >= 0.3 is 0 Å². The molecule has 114 valence electrons. The second-order valence-corrected chi connectivity index (χ2v) is 6.47. The van der Waals surface area contributed by atoms with Gasteiger partial charge in [0.15, 0.2) is 0 Å². The van der Waals surface area contributed by atoms with Crippen LogP contribution in [0.4, 0.5) is 0 Å². The summed E-state index contributed by atoms with van der Waals surface area (Å²) in [5, 5.41) is 2.48. The molecule has 0 aliphatic rings. The van der Waals surface area contributed by atoms with Crippen molar-refractivity contribution in [3.8, 4) is 0 Å². The molecule has 1 unspecified atom stereocenters. The van der Waals surface area contributed by atoms with Crippen molar-refractivity contribution >= 4 is 17.1 Å². The van der Waals surface area contributed by atoms with E-state index in [9.17, 15) is 4.79 Å². The normalized spacial score (nSPS) is 14.5. The SMILES string of the molecule is CC(C)=CCC(C)(/C=C(\C)C=O)c1ccc2ccccc2c1. The van der Waals surface area contributed by atoms with E-state index in [1.807, 2.05) is 6.92 Å². The Morgan fingerprint density at radius 1 is 1.05 bits per heavy atom. The zero-order valence-electron chi connectivity index (χ0n) is 13.9. The quantitative estimate of drug-likeness (QED) is 0.398. The summed E-state index contributed by atoms with van der Waals surface area (Å²) in [6.45, 7) is 8.28. The number of allylic oxidation sites excluding steroid dienone is 4. The minimum Gasteiger partial charge on any atom is -0.298 e. The van der Waals surface area contributed by atoms with E-state index in [-0.39, 0.29) is 5.41 Å². The number of carbonyl (C=O) groups is 1. The van der Waals surface area contributed by atoms with Gasteiger partial charge in [0.25, 0.3) is 0 Å². The molecule has 2 aromatic rings. The molecule has 0 amide bonds. The Balaban J connectivity index is 2.54. The van der Waals surface area contributed by atoms with E-state index < -0.39 is 0 Å². The van der Waals surface area contributed by atoms with Crippen LogP contribution in [0.1, 0.15) is 39.7 Å². The van der Waals surface area contributed by atoms with Gasteiger partial charge in [-0.1, -0.05) is 67.1 Å². The number of carbonyl (C=O) groups excluding carboxylic acids is 1. The van der Waals surface area contributed by atoms with Crippen molar-refractivity contribution in [3.05, 3.63) is 71.3 Å². The average Bonchev–Trinajstić information content (AvgIpc) is 2.52. The molecule has 1 atom stereocenters. The monoisotopic (exact) mass is 292 g/mol. The van der Waals surface area contributed by atoms with E-state index in [2.05, 4.69) is 75.4 Å². The van der Waals surface area contributed by atoms with E-state index in [1.54, 1.807) is 0 Å². The molecule has 0 aliphatic heterocycles. The maximum atomic E-state index is 11.1. The Bertz CT molecular complexity index is 732. The highest BCUT2D eigenvalue weighted by Crippen LogP contribution is 2.33. The van der Waals surface area contributed by atoms with Gasteiger partial charge in [-0.25, -0.2) is 0 Å². The van der Waals surface area contributed by atoms with Crippen LogP contribution in [0.5, 0.6) is 0 Å². The highest BCUT2D eigenvalue weighted by Gasteiger charge is 2.23. The minimum atomic E-state index is -0.174. The van der Waals surface area contributed by atoms with Crippen LogP contribution < -0.4 is 0 Å². The summed E-state index contributed by atoms with van der Waals surface area (Å²) in [5.41, 5.74) is 3.14. The summed E-state index contributed by atoms with van der Waals surface area (Å²) in [5.74, 6) is 0. The maximum Gasteiger partial charge on any atom is 0.145 e. The van der Waals surface area contributed by atoms with Crippen molar-refractivity contribution in [3.63, 3.8) is 0 Å². The molecule has 0 saturated heterocycles. The summed E-state index contributed by atoms with van der Waals surface area (Å²) in [6.07, 6.45) is 6.15. The molecule has 0 bridgehead atoms. The predicted octanol–water partition coefficient (Wildman–Crippen LogP) is 5.60. The lowest BCUT2D eigenvalue weighted by Crippen LogP contribution is -2.19. The van der Waals surface area contributed by atoms with Gasteiger partial charge < -0.3 is 0 Å². The molecule has 0 spiro atoms. The molecule has 0 radical (unpaired) electrons. The van der Waals surface area contributed by atoms with Gasteiger partial charge in [0, 0.05) is 5.41 Å². The summed E-state index contributed by atoms with van der Waals surface area (Å²) < 4.78 is 0. The van der Waals surface area contributed by atoms with E-state index >= 15 is 0 Å². The first-order valence-corrected chi connectivity index (χ1v) is 7.72. The van der Waals surface area contributed by atoms with Crippen LogP contribution in [0.2, 0.25) is 0 Å². The van der Waals surface area contributed by atoms with Crippen molar-refractivity contribution in [2.24, 2.45) is 0 Å². The number of benzene rings is 2. The second-order valence-electron chi connectivity index (χ2n) is 6.47. The van der Waals surface area contributed by atoms with E-state index in [0.717, 1.165) is 18.3 Å². The maximum absolute atomic E-state index is 11.1. The lowest BCUT2D eigenvalue weighted by atomic mass is 9.77. The molecule has 0 saturated carbocycles. The molecule has 0 fully saturated rings. The third-order valence-corrected chi connectivity index (χ3v) is 4.08. The lowest BCUT2D eigenvalue weighted by Gasteiger charge is -2.27. The fourth-order valence-electron chi connectivity index (χ4n) is 2.76. The van der Waals surface area contributed by atoms with Crippen LogP contribution in [-0.4, -0.2) is 6.29 Å². The van der Waals surface area contributed by atoms with Crippen molar-refractivity contribution in [1.82, 2.24) is 0 Å². The Morgan fingerprint density at radius 3 is 2.36 bits per heavy atom. The molecule has 22 heavy (non-hydrogen) atoms. The first kappa shape index (κ1) is 16.2. The molecule has 0 N–H and O–H groups in total. The summed E-state index contributed by atoms with van der Waals surface area (Å²) in [4.78, 5) is 11.1. The van der Waals surface area contributed by atoms with Crippen LogP contribution in [0.25, 0.3) is 10.8 Å². The van der Waals surface area contributed by atoms with E-state index in [4.69, 9.17) is 0 Å². The molecule has 0 aliphatic carbocycles. The molecule has 2 aromatic carbocycles. The molecular formula is C21H24O. The number of aldehydes is 1. The molecule has 0 heterocycles. The predicted molar refractivity (Wildman–Crippen MR) is 95.2 cm³/mol. The largest absolute Gasteiger partial charge is 0.298 e. The molecule has 0 aromatic heterocycles. The summed E-state index contributed by atoms with van der Waals surface area (Å²) >= 11 is 0. The van der Waals surface area contributed by atoms with Crippen molar-refractivity contribution in [2.75, 3.05) is 0 Å². The zero-order valence-corrected chi connectivity index (χ0v) is 13.9. The molecular weight excluding hydrogens is 268 g/mol. The molecule has 2 rings (SSSR count). The zero-order chi connectivity index (χ0) is 16.2. The van der Waals surface area contributed by atoms with Crippen LogP contribution in [0.3, 0.4) is 0 Å². The number of rotatable bonds is 5. The lowest BCUT2D eigenvalue weighted by molar-refractivity contribution is -0.104. The van der Waals surface area contributed by atoms with Crippen LogP contribution >= 0.6 is 0 Å². The topological polar surface area (TPSA) is 17.1 Å². The first-order valence-electron chi connectivity index (χ1n) is 7.72. The van der Waals surface area contributed by atoms with Gasteiger partial charge in [-0.15, -0.1) is 0 Å². The fourth-order valence-corrected chi connectivity index (χ4v) is 2.76. The van der Waals surface area contributed by atoms with Gasteiger partial charge in [0.1, 0.15) is 6.29 Å². The van der Waals surface area contributed by atoms with Gasteiger partial charge in [0.05, 0.1) is 0 Å². The van der Waals surface area contributed by atoms with E-state index in [1.165, 1.54) is 21.9 Å². The summed E-state index contributed by atoms with van der Waals surface area (Å²) in [7, 11) is 0. The van der Waals surface area contributed by atoms with Crippen LogP contribution in [-0.2, 0) is 10.2 Å². The Hall–Kier alpha value is -2.15. The highest BCUT2D eigenvalue weighted by molar-refractivity contribution is 5.83. The smallest absolute Gasteiger partial charge is 0.145 e. The summed E-state index contributed by atoms with van der Waals surface area (Å²) in [6, 6.07) is 15.0. The second kappa shape index (κ2) is 6.74. The molecule has 1 nitrogen and oxygen atoms in total. The van der Waals surface area contributed by atoms with Gasteiger partial charge in [-0.2, -0.15) is 0 Å². The Morgan fingerprint density at radius 2 is 1.73 bits per heavy atom. The standard InChI is InChI=1S/C21H24O/c1-16(2)11-12-21(4,14-17(3)15-22)20-10-9-18-7-5-6-8-19(18)13-20/h5-11,13-15H,12H2,1-4H3/b17-14+. The number of hydrogen-bond donors (Lipinski definition) is 0. The number of hydrogen-bond acceptors (Lipinski definition) is 1. The Kier molecular flexibility index (Phi) is 4.97. The van der Waals surface area contributed by atoms with Crippen LogP contribution in [0.15, 0.2) is 65.8 Å². The van der Waals surface area contributed by atoms with Gasteiger partial charge in [0.2, 0.25) is 0 Å². The van der Waals surface area contributed by atoms with Crippen molar-refractivity contribution in [1.29, 1.82) is 0 Å². The Labute approximate surface area is 133 Å². The highest BCUT2D eigenvalue weighted by atomic mass is 16.1. The third-order valence-electron chi connectivity index (χ3n) is 4.08. The van der Waals surface area contributed by atoms with Crippen molar-refractivity contribution in [2.45, 2.75) is 39.5 Å². The fraction of sp³-hybridized carbons (Fsp3) is 0.286. The van der Waals surface area contributed by atoms with E-state index in [0.29, 0.717) is 0 Å². The first-order chi connectivity index (χ1) is 10.4. The van der Waals surface area contributed by atoms with Crippen LogP contribution in [0, 0.1) is 0 Å². The van der Waals surface area contributed by atoms with Gasteiger partial charge in [-0.3, -0.25) is 4.79 Å². The van der Waals surface area contributed by atoms with Crippen molar-refractivity contribution < 1.29 is 4.79 Å². The number of fused-ring (bicyclic) bond motifs is 1. The average molecular weight is 292 g/mol.